The Morgan fingerprint density at radius 3 is 2.76 bits per heavy atom. The molecule has 1 amide bonds. The van der Waals surface area contributed by atoms with Crippen molar-refractivity contribution in [2.75, 3.05) is 38.7 Å². The lowest BCUT2D eigenvalue weighted by Crippen LogP contribution is -2.25. The fraction of sp³-hybridized carbons (Fsp3) is 0.500. The molecule has 0 radical (unpaired) electrons. The summed E-state index contributed by atoms with van der Waals surface area (Å²) in [4.78, 5) is 10.8. The van der Waals surface area contributed by atoms with Gasteiger partial charge >= 0.3 is 0 Å². The standard InChI is InChI=1S/C10H17N5O2/c1-17-7-6-12-4-5-13-9-3-2-8(10(11)16)14-15-9/h2-3,12H,4-7H2,1H3,(H2,11,16)(H,13,15). The van der Waals surface area contributed by atoms with Crippen LogP contribution in [0.3, 0.4) is 0 Å². The van der Waals surface area contributed by atoms with Crippen LogP contribution in [-0.2, 0) is 4.74 Å². The van der Waals surface area contributed by atoms with Crippen LogP contribution in [-0.4, -0.2) is 49.5 Å². The summed E-state index contributed by atoms with van der Waals surface area (Å²) >= 11 is 0. The van der Waals surface area contributed by atoms with Crippen molar-refractivity contribution in [3.8, 4) is 0 Å². The second-order valence-electron chi connectivity index (χ2n) is 3.34. The molecule has 0 saturated carbocycles. The first-order valence-corrected chi connectivity index (χ1v) is 5.31. The summed E-state index contributed by atoms with van der Waals surface area (Å²) in [7, 11) is 1.66. The molecular weight excluding hydrogens is 222 g/mol. The summed E-state index contributed by atoms with van der Waals surface area (Å²) in [5.74, 6) is 0.0359. The number of methoxy groups -OCH3 is 1. The monoisotopic (exact) mass is 239 g/mol. The van der Waals surface area contributed by atoms with Crippen molar-refractivity contribution in [2.24, 2.45) is 5.73 Å². The predicted molar refractivity (Wildman–Crippen MR) is 63.8 cm³/mol. The van der Waals surface area contributed by atoms with Crippen molar-refractivity contribution >= 4 is 11.7 Å². The number of nitrogens with one attached hydrogen (secondary N) is 2. The van der Waals surface area contributed by atoms with Gasteiger partial charge in [0.05, 0.1) is 6.61 Å². The van der Waals surface area contributed by atoms with E-state index >= 15 is 0 Å². The van der Waals surface area contributed by atoms with E-state index in [4.69, 9.17) is 10.5 Å². The molecule has 0 unspecified atom stereocenters. The zero-order valence-electron chi connectivity index (χ0n) is 9.77. The number of anilines is 1. The van der Waals surface area contributed by atoms with Crippen LogP contribution in [0.25, 0.3) is 0 Å². The number of carbonyl (C=O) groups is 1. The van der Waals surface area contributed by atoms with Gasteiger partial charge in [-0.2, -0.15) is 0 Å². The van der Waals surface area contributed by atoms with Crippen LogP contribution >= 0.6 is 0 Å². The topological polar surface area (TPSA) is 102 Å². The number of amides is 1. The van der Waals surface area contributed by atoms with Gasteiger partial charge in [0.1, 0.15) is 5.82 Å². The predicted octanol–water partition coefficient (Wildman–Crippen LogP) is -0.777. The molecular formula is C10H17N5O2. The molecule has 0 aliphatic carbocycles. The minimum atomic E-state index is -0.578. The molecule has 1 aromatic heterocycles. The van der Waals surface area contributed by atoms with Crippen LogP contribution in [0, 0.1) is 0 Å². The average molecular weight is 239 g/mol. The molecule has 0 aromatic carbocycles. The fourth-order valence-corrected chi connectivity index (χ4v) is 1.14. The Hall–Kier alpha value is -1.73. The van der Waals surface area contributed by atoms with Crippen molar-refractivity contribution in [1.82, 2.24) is 15.5 Å². The van der Waals surface area contributed by atoms with Crippen LogP contribution < -0.4 is 16.4 Å². The lowest BCUT2D eigenvalue weighted by molar-refractivity contribution is 0.0994. The van der Waals surface area contributed by atoms with Gasteiger partial charge in [-0.05, 0) is 12.1 Å². The smallest absolute Gasteiger partial charge is 0.269 e. The summed E-state index contributed by atoms with van der Waals surface area (Å²) in [5, 5.41) is 13.7. The molecule has 94 valence electrons. The van der Waals surface area contributed by atoms with Crippen LogP contribution in [0.2, 0.25) is 0 Å². The van der Waals surface area contributed by atoms with Gasteiger partial charge in [-0.1, -0.05) is 0 Å². The summed E-state index contributed by atoms with van der Waals surface area (Å²) in [5.41, 5.74) is 5.21. The van der Waals surface area contributed by atoms with Crippen LogP contribution in [0.15, 0.2) is 12.1 Å². The van der Waals surface area contributed by atoms with E-state index in [1.807, 2.05) is 0 Å². The molecule has 1 aromatic rings. The highest BCUT2D eigenvalue weighted by atomic mass is 16.5. The van der Waals surface area contributed by atoms with Crippen LogP contribution in [0.1, 0.15) is 10.5 Å². The quantitative estimate of drug-likeness (QED) is 0.514. The highest BCUT2D eigenvalue weighted by Gasteiger charge is 2.02. The molecule has 0 aliphatic heterocycles. The Morgan fingerprint density at radius 2 is 2.18 bits per heavy atom. The normalized spacial score (nSPS) is 10.2. The van der Waals surface area contributed by atoms with E-state index in [1.54, 1.807) is 13.2 Å². The van der Waals surface area contributed by atoms with Crippen LogP contribution in [0.5, 0.6) is 0 Å². The molecule has 0 spiro atoms. The number of aromatic nitrogens is 2. The minimum Gasteiger partial charge on any atom is -0.383 e. The molecule has 0 aliphatic rings. The zero-order valence-corrected chi connectivity index (χ0v) is 9.77. The summed E-state index contributed by atoms with van der Waals surface area (Å²) in [6, 6.07) is 3.21. The number of rotatable bonds is 8. The summed E-state index contributed by atoms with van der Waals surface area (Å²) in [6.45, 7) is 3.01. The van der Waals surface area contributed by atoms with Crippen molar-refractivity contribution in [1.29, 1.82) is 0 Å². The van der Waals surface area contributed by atoms with Gasteiger partial charge in [0, 0.05) is 26.7 Å². The molecule has 4 N–H and O–H groups in total. The van der Waals surface area contributed by atoms with Gasteiger partial charge in [0.25, 0.3) is 5.91 Å². The third-order valence-corrected chi connectivity index (χ3v) is 2.01. The van der Waals surface area contributed by atoms with E-state index in [1.165, 1.54) is 6.07 Å². The number of primary amides is 1. The maximum atomic E-state index is 10.8. The fourth-order valence-electron chi connectivity index (χ4n) is 1.14. The Balaban J connectivity index is 2.21. The van der Waals surface area contributed by atoms with E-state index < -0.39 is 5.91 Å². The average Bonchev–Trinajstić information content (AvgIpc) is 2.34. The maximum Gasteiger partial charge on any atom is 0.269 e. The molecule has 7 heteroatoms. The van der Waals surface area contributed by atoms with Crippen molar-refractivity contribution in [3.63, 3.8) is 0 Å². The second-order valence-corrected chi connectivity index (χ2v) is 3.34. The number of nitrogens with zero attached hydrogens (tertiary/aromatic N) is 2. The molecule has 7 nitrogen and oxygen atoms in total. The number of carbonyl (C=O) groups excluding carboxylic acids is 1. The highest BCUT2D eigenvalue weighted by Crippen LogP contribution is 2.00. The first-order valence-electron chi connectivity index (χ1n) is 5.31. The lowest BCUT2D eigenvalue weighted by Gasteiger charge is -2.06. The maximum absolute atomic E-state index is 10.8. The van der Waals surface area contributed by atoms with Gasteiger partial charge in [-0.25, -0.2) is 0 Å². The van der Waals surface area contributed by atoms with E-state index in [9.17, 15) is 4.79 Å². The Kier molecular flexibility index (Phi) is 5.91. The molecule has 1 rings (SSSR count). The van der Waals surface area contributed by atoms with Gasteiger partial charge in [0.2, 0.25) is 0 Å². The van der Waals surface area contributed by atoms with Gasteiger partial charge in [0.15, 0.2) is 5.69 Å². The van der Waals surface area contributed by atoms with E-state index in [0.717, 1.165) is 13.1 Å². The van der Waals surface area contributed by atoms with E-state index in [2.05, 4.69) is 20.8 Å². The second kappa shape index (κ2) is 7.53. The van der Waals surface area contributed by atoms with E-state index in [0.29, 0.717) is 19.0 Å². The largest absolute Gasteiger partial charge is 0.383 e. The summed E-state index contributed by atoms with van der Waals surface area (Å²) in [6.07, 6.45) is 0. The zero-order chi connectivity index (χ0) is 12.5. The molecule has 17 heavy (non-hydrogen) atoms. The molecule has 0 bridgehead atoms. The number of nitrogens with two attached hydrogens (primary N) is 1. The summed E-state index contributed by atoms with van der Waals surface area (Å²) < 4.78 is 4.89. The number of hydrogen-bond donors (Lipinski definition) is 3. The van der Waals surface area contributed by atoms with Crippen molar-refractivity contribution in [3.05, 3.63) is 17.8 Å². The Bertz CT molecular complexity index is 341. The molecule has 0 fully saturated rings. The van der Waals surface area contributed by atoms with Gasteiger partial charge < -0.3 is 21.1 Å². The first kappa shape index (κ1) is 13.3. The Morgan fingerprint density at radius 1 is 1.35 bits per heavy atom. The number of ether oxygens (including phenoxy) is 1. The third kappa shape index (κ3) is 5.23. The minimum absolute atomic E-state index is 0.161. The van der Waals surface area contributed by atoms with E-state index in [-0.39, 0.29) is 5.69 Å². The Labute approximate surface area is 99.7 Å². The third-order valence-electron chi connectivity index (χ3n) is 2.01. The molecule has 1 heterocycles. The molecule has 0 atom stereocenters. The molecule has 0 saturated heterocycles. The van der Waals surface area contributed by atoms with Crippen molar-refractivity contribution in [2.45, 2.75) is 0 Å². The van der Waals surface area contributed by atoms with Gasteiger partial charge in [-0.3, -0.25) is 4.79 Å². The number of hydrogen-bond acceptors (Lipinski definition) is 6. The SMILES string of the molecule is COCCNCCNc1ccc(C(N)=O)nn1. The lowest BCUT2D eigenvalue weighted by atomic mass is 10.4. The first-order chi connectivity index (χ1) is 8.24. The van der Waals surface area contributed by atoms with Crippen LogP contribution in [0.4, 0.5) is 5.82 Å². The van der Waals surface area contributed by atoms with Crippen molar-refractivity contribution < 1.29 is 9.53 Å². The highest BCUT2D eigenvalue weighted by molar-refractivity contribution is 5.90. The van der Waals surface area contributed by atoms with Gasteiger partial charge in [-0.15, -0.1) is 10.2 Å².